The van der Waals surface area contributed by atoms with Crippen molar-refractivity contribution in [3.05, 3.63) is 41.2 Å². The average Bonchev–Trinajstić information content (AvgIpc) is 2.57. The Hall–Kier alpha value is -2.37. The molecular formula is C18H24FN3O2. The van der Waals surface area contributed by atoms with Crippen LogP contribution in [0, 0.1) is 5.82 Å². The van der Waals surface area contributed by atoms with E-state index in [0.29, 0.717) is 12.1 Å². The minimum absolute atomic E-state index is 0.00270. The molecular weight excluding hydrogens is 309 g/mol. The molecule has 0 atom stereocenters. The van der Waals surface area contributed by atoms with Crippen molar-refractivity contribution < 1.29 is 14.0 Å². The Morgan fingerprint density at radius 3 is 2.71 bits per heavy atom. The van der Waals surface area contributed by atoms with Crippen molar-refractivity contribution in [1.29, 1.82) is 0 Å². The van der Waals surface area contributed by atoms with Gasteiger partial charge in [-0.25, -0.2) is 9.18 Å². The van der Waals surface area contributed by atoms with Crippen LogP contribution in [0.5, 0.6) is 0 Å². The Balaban J connectivity index is 1.89. The number of urea groups is 1. The molecule has 130 valence electrons. The lowest BCUT2D eigenvalue weighted by Crippen LogP contribution is -2.30. The molecule has 2 N–H and O–H groups in total. The molecule has 24 heavy (non-hydrogen) atoms. The minimum Gasteiger partial charge on any atom is -0.345 e. The predicted molar refractivity (Wildman–Crippen MR) is 92.6 cm³/mol. The highest BCUT2D eigenvalue weighted by Crippen LogP contribution is 2.20. The van der Waals surface area contributed by atoms with Gasteiger partial charge in [-0.1, -0.05) is 11.6 Å². The van der Waals surface area contributed by atoms with Gasteiger partial charge in [0.25, 0.3) is 5.91 Å². The summed E-state index contributed by atoms with van der Waals surface area (Å²) in [4.78, 5) is 25.2. The van der Waals surface area contributed by atoms with Gasteiger partial charge in [-0.3, -0.25) is 4.79 Å². The summed E-state index contributed by atoms with van der Waals surface area (Å²) in [6.45, 7) is 0.510. The van der Waals surface area contributed by atoms with Crippen molar-refractivity contribution in [3.8, 4) is 0 Å². The maximum absolute atomic E-state index is 13.8. The molecule has 1 aromatic carbocycles. The molecule has 0 radical (unpaired) electrons. The van der Waals surface area contributed by atoms with Crippen molar-refractivity contribution in [2.45, 2.75) is 32.1 Å². The van der Waals surface area contributed by atoms with E-state index in [1.165, 1.54) is 41.5 Å². The zero-order valence-electron chi connectivity index (χ0n) is 14.2. The average molecular weight is 333 g/mol. The SMILES string of the molecule is CN(C)C(=O)c1ccc(F)c(NC(=O)NCCC2=CCCCC2)c1. The molecule has 6 heteroatoms. The highest BCUT2D eigenvalue weighted by Gasteiger charge is 2.13. The number of carbonyl (C=O) groups excluding carboxylic acids is 2. The van der Waals surface area contributed by atoms with Gasteiger partial charge in [-0.05, 0) is 50.3 Å². The van der Waals surface area contributed by atoms with Gasteiger partial charge in [0.1, 0.15) is 5.82 Å². The van der Waals surface area contributed by atoms with Gasteiger partial charge in [0.2, 0.25) is 0 Å². The number of hydrogen-bond donors (Lipinski definition) is 2. The third kappa shape index (κ3) is 5.08. The lowest BCUT2D eigenvalue weighted by atomic mass is 9.97. The zero-order chi connectivity index (χ0) is 17.5. The van der Waals surface area contributed by atoms with Crippen LogP contribution in [0.1, 0.15) is 42.5 Å². The smallest absolute Gasteiger partial charge is 0.319 e. The molecule has 0 fully saturated rings. The number of benzene rings is 1. The molecule has 0 heterocycles. The summed E-state index contributed by atoms with van der Waals surface area (Å²) in [7, 11) is 3.23. The van der Waals surface area contributed by atoms with E-state index in [4.69, 9.17) is 0 Å². The second-order valence-corrected chi connectivity index (χ2v) is 6.13. The molecule has 0 aliphatic heterocycles. The fourth-order valence-electron chi connectivity index (χ4n) is 2.65. The summed E-state index contributed by atoms with van der Waals surface area (Å²) in [5, 5.41) is 5.19. The molecule has 2 rings (SSSR count). The third-order valence-electron chi connectivity index (χ3n) is 3.98. The molecule has 0 saturated heterocycles. The highest BCUT2D eigenvalue weighted by molar-refractivity contribution is 5.96. The standard InChI is InChI=1S/C18H24FN3O2/c1-22(2)17(23)14-8-9-15(19)16(12-14)21-18(24)20-11-10-13-6-4-3-5-7-13/h6,8-9,12H,3-5,7,10-11H2,1-2H3,(H2,20,21,24). The molecule has 1 aliphatic rings. The summed E-state index contributed by atoms with van der Waals surface area (Å²) in [5.74, 6) is -0.821. The maximum atomic E-state index is 13.8. The molecule has 0 unspecified atom stereocenters. The van der Waals surface area contributed by atoms with E-state index >= 15 is 0 Å². The van der Waals surface area contributed by atoms with Crippen LogP contribution in [0.2, 0.25) is 0 Å². The summed E-state index contributed by atoms with van der Waals surface area (Å²) in [5.41, 5.74) is 1.69. The Kier molecular flexibility index (Phi) is 6.35. The van der Waals surface area contributed by atoms with Crippen LogP contribution in [0.3, 0.4) is 0 Å². The first-order valence-electron chi connectivity index (χ1n) is 8.21. The lowest BCUT2D eigenvalue weighted by molar-refractivity contribution is 0.0827. The summed E-state index contributed by atoms with van der Waals surface area (Å²) < 4.78 is 13.8. The van der Waals surface area contributed by atoms with E-state index in [1.807, 2.05) is 0 Å². The van der Waals surface area contributed by atoms with Gasteiger partial charge in [0.15, 0.2) is 0 Å². The van der Waals surface area contributed by atoms with Gasteiger partial charge in [-0.2, -0.15) is 0 Å². The number of hydrogen-bond acceptors (Lipinski definition) is 2. The topological polar surface area (TPSA) is 61.4 Å². The van der Waals surface area contributed by atoms with E-state index in [1.54, 1.807) is 14.1 Å². The number of amides is 3. The fraction of sp³-hybridized carbons (Fsp3) is 0.444. The van der Waals surface area contributed by atoms with Crippen LogP contribution < -0.4 is 10.6 Å². The molecule has 0 aromatic heterocycles. The first kappa shape index (κ1) is 18.0. The Bertz CT molecular complexity index is 641. The maximum Gasteiger partial charge on any atom is 0.319 e. The van der Waals surface area contributed by atoms with Crippen LogP contribution in [0.4, 0.5) is 14.9 Å². The second kappa shape index (κ2) is 8.47. The first-order valence-corrected chi connectivity index (χ1v) is 8.21. The van der Waals surface area contributed by atoms with Crippen LogP contribution in [0.25, 0.3) is 0 Å². The van der Waals surface area contributed by atoms with E-state index in [0.717, 1.165) is 19.3 Å². The van der Waals surface area contributed by atoms with Crippen molar-refractivity contribution in [2.24, 2.45) is 0 Å². The third-order valence-corrected chi connectivity index (χ3v) is 3.98. The lowest BCUT2D eigenvalue weighted by Gasteiger charge is -2.14. The number of halogens is 1. The van der Waals surface area contributed by atoms with Crippen LogP contribution in [-0.2, 0) is 0 Å². The monoisotopic (exact) mass is 333 g/mol. The molecule has 1 aromatic rings. The molecule has 5 nitrogen and oxygen atoms in total. The predicted octanol–water partition coefficient (Wildman–Crippen LogP) is 3.54. The number of allylic oxidation sites excluding steroid dienone is 1. The van der Waals surface area contributed by atoms with Gasteiger partial charge >= 0.3 is 6.03 Å². The zero-order valence-corrected chi connectivity index (χ0v) is 14.2. The Labute approximate surface area is 141 Å². The number of rotatable bonds is 5. The van der Waals surface area contributed by atoms with Crippen LogP contribution in [0.15, 0.2) is 29.8 Å². The van der Waals surface area contributed by atoms with Crippen molar-refractivity contribution in [2.75, 3.05) is 26.0 Å². The fourth-order valence-corrected chi connectivity index (χ4v) is 2.65. The molecule has 3 amide bonds. The largest absolute Gasteiger partial charge is 0.345 e. The normalized spacial score (nSPS) is 13.9. The molecule has 0 spiro atoms. The minimum atomic E-state index is -0.574. The number of nitrogens with zero attached hydrogens (tertiary/aromatic N) is 1. The highest BCUT2D eigenvalue weighted by atomic mass is 19.1. The van der Waals surface area contributed by atoms with Crippen LogP contribution in [-0.4, -0.2) is 37.5 Å². The Morgan fingerprint density at radius 1 is 1.25 bits per heavy atom. The molecule has 1 aliphatic carbocycles. The number of carbonyl (C=O) groups is 2. The summed E-state index contributed by atoms with van der Waals surface area (Å²) >= 11 is 0. The van der Waals surface area contributed by atoms with Gasteiger partial charge < -0.3 is 15.5 Å². The van der Waals surface area contributed by atoms with Crippen molar-refractivity contribution >= 4 is 17.6 Å². The summed E-state index contributed by atoms with van der Waals surface area (Å²) in [6.07, 6.45) is 7.69. The number of nitrogens with one attached hydrogen (secondary N) is 2. The summed E-state index contributed by atoms with van der Waals surface area (Å²) in [6, 6.07) is 3.45. The van der Waals surface area contributed by atoms with Crippen molar-refractivity contribution in [1.82, 2.24) is 10.2 Å². The van der Waals surface area contributed by atoms with E-state index in [-0.39, 0.29) is 11.6 Å². The van der Waals surface area contributed by atoms with E-state index in [9.17, 15) is 14.0 Å². The second-order valence-electron chi connectivity index (χ2n) is 6.13. The van der Waals surface area contributed by atoms with Gasteiger partial charge in [0, 0.05) is 26.2 Å². The quantitative estimate of drug-likeness (QED) is 0.810. The van der Waals surface area contributed by atoms with Crippen molar-refractivity contribution in [3.63, 3.8) is 0 Å². The van der Waals surface area contributed by atoms with Gasteiger partial charge in [0.05, 0.1) is 5.69 Å². The number of anilines is 1. The van der Waals surface area contributed by atoms with E-state index in [2.05, 4.69) is 16.7 Å². The van der Waals surface area contributed by atoms with Gasteiger partial charge in [-0.15, -0.1) is 0 Å². The van der Waals surface area contributed by atoms with E-state index < -0.39 is 11.8 Å². The first-order chi connectivity index (χ1) is 11.5. The van der Waals surface area contributed by atoms with Crippen LogP contribution >= 0.6 is 0 Å². The molecule has 0 saturated carbocycles. The Morgan fingerprint density at radius 2 is 2.04 bits per heavy atom. The molecule has 0 bridgehead atoms.